The van der Waals surface area contributed by atoms with Crippen molar-refractivity contribution in [2.24, 2.45) is 0 Å². The fraction of sp³-hybridized carbons (Fsp3) is 1.00. The molecule has 0 bridgehead atoms. The first-order valence-corrected chi connectivity index (χ1v) is 2.56. The van der Waals surface area contributed by atoms with Gasteiger partial charge in [0.05, 0.1) is 26.4 Å². The topological polar surface area (TPSA) is 41.5 Å². The fourth-order valence-electron chi connectivity index (χ4n) is 0.440. The Labute approximate surface area is 77.6 Å². The van der Waals surface area contributed by atoms with Crippen LogP contribution in [0.4, 0.5) is 0 Å². The van der Waals surface area contributed by atoms with Crippen LogP contribution < -0.4 is 34.7 Å². The van der Waals surface area contributed by atoms with E-state index in [9.17, 15) is 0 Å². The average molecular weight is 142 g/mol. The van der Waals surface area contributed by atoms with Gasteiger partial charge in [0, 0.05) is 0 Å². The molecule has 0 amide bonds. The maximum absolute atomic E-state index is 8.25. The molecule has 9 heavy (non-hydrogen) atoms. The van der Waals surface area contributed by atoms with Crippen molar-refractivity contribution < 1.29 is 44.1 Å². The fourth-order valence-corrected chi connectivity index (χ4v) is 0.440. The molecule has 0 N–H and O–H groups in total. The molecule has 0 aliphatic carbocycles. The standard InChI is InChI=1S/C4H8O2.CH3O.Na/c1-2-6-4-3-5-1;1-2;/h1-4H2;1H3;/q;-1;+1. The Hall–Kier alpha value is 0.880. The van der Waals surface area contributed by atoms with E-state index in [0.29, 0.717) is 0 Å². The predicted octanol–water partition coefficient (Wildman–Crippen LogP) is -3.99. The van der Waals surface area contributed by atoms with E-state index in [2.05, 4.69) is 0 Å². The van der Waals surface area contributed by atoms with Gasteiger partial charge in [-0.05, 0) is 0 Å². The Morgan fingerprint density at radius 2 is 1.11 bits per heavy atom. The van der Waals surface area contributed by atoms with Gasteiger partial charge in [0.2, 0.25) is 0 Å². The molecule has 0 atom stereocenters. The zero-order chi connectivity index (χ0) is 6.24. The van der Waals surface area contributed by atoms with Gasteiger partial charge in [0.1, 0.15) is 0 Å². The molecule has 1 rings (SSSR count). The second kappa shape index (κ2) is 11.6. The minimum atomic E-state index is 0. The SMILES string of the molecule is C1COCCO1.C[O-].[Na+]. The summed E-state index contributed by atoms with van der Waals surface area (Å²) in [5.74, 6) is 0. The summed E-state index contributed by atoms with van der Waals surface area (Å²) in [6.45, 7) is 3.11. The Morgan fingerprint density at radius 3 is 1.22 bits per heavy atom. The van der Waals surface area contributed by atoms with Gasteiger partial charge >= 0.3 is 29.6 Å². The zero-order valence-electron chi connectivity index (χ0n) is 6.05. The predicted molar refractivity (Wildman–Crippen MR) is 27.6 cm³/mol. The first-order valence-electron chi connectivity index (χ1n) is 2.56. The molecule has 3 nitrogen and oxygen atoms in total. The number of ether oxygens (including phenoxy) is 2. The van der Waals surface area contributed by atoms with E-state index < -0.39 is 0 Å². The molecule has 4 heteroatoms. The van der Waals surface area contributed by atoms with Crippen LogP contribution in [-0.2, 0) is 9.47 Å². The molecular weight excluding hydrogens is 131 g/mol. The Morgan fingerprint density at radius 1 is 0.889 bits per heavy atom. The van der Waals surface area contributed by atoms with E-state index in [1.165, 1.54) is 0 Å². The zero-order valence-corrected chi connectivity index (χ0v) is 8.05. The Kier molecular flexibility index (Phi) is 16.2. The third-order valence-corrected chi connectivity index (χ3v) is 0.744. The maximum Gasteiger partial charge on any atom is 1.00 e. The summed E-state index contributed by atoms with van der Waals surface area (Å²) < 4.78 is 9.89. The smallest absolute Gasteiger partial charge is 0.857 e. The molecule has 1 aliphatic heterocycles. The first kappa shape index (κ1) is 12.5. The summed E-state index contributed by atoms with van der Waals surface area (Å²) in [5.41, 5.74) is 0. The quantitative estimate of drug-likeness (QED) is 0.324. The minimum Gasteiger partial charge on any atom is -0.857 e. The van der Waals surface area contributed by atoms with E-state index in [-0.39, 0.29) is 29.6 Å². The van der Waals surface area contributed by atoms with Crippen LogP contribution in [0.5, 0.6) is 0 Å². The summed E-state index contributed by atoms with van der Waals surface area (Å²) in [6, 6.07) is 0. The van der Waals surface area contributed by atoms with Crippen LogP contribution in [0.15, 0.2) is 0 Å². The molecule has 0 aromatic carbocycles. The normalized spacial score (nSPS) is 16.7. The van der Waals surface area contributed by atoms with Crippen molar-refractivity contribution in [1.29, 1.82) is 0 Å². The molecule has 0 spiro atoms. The monoisotopic (exact) mass is 142 g/mol. The summed E-state index contributed by atoms with van der Waals surface area (Å²) in [6.07, 6.45) is 0. The molecule has 1 fully saturated rings. The number of rotatable bonds is 0. The van der Waals surface area contributed by atoms with Gasteiger partial charge in [-0.1, -0.05) is 0 Å². The Balaban J connectivity index is 0. The molecule has 1 aliphatic rings. The van der Waals surface area contributed by atoms with Gasteiger partial charge in [-0.25, -0.2) is 0 Å². The van der Waals surface area contributed by atoms with E-state index >= 15 is 0 Å². The van der Waals surface area contributed by atoms with Crippen molar-refractivity contribution in [3.63, 3.8) is 0 Å². The molecule has 0 radical (unpaired) electrons. The molecule has 50 valence electrons. The van der Waals surface area contributed by atoms with Crippen molar-refractivity contribution in [1.82, 2.24) is 0 Å². The third kappa shape index (κ3) is 8.88. The molecule has 0 aromatic heterocycles. The molecular formula is C5H11NaO3. The summed E-state index contributed by atoms with van der Waals surface area (Å²) in [5, 5.41) is 8.25. The summed E-state index contributed by atoms with van der Waals surface area (Å²) >= 11 is 0. The van der Waals surface area contributed by atoms with Gasteiger partial charge in [-0.3, -0.25) is 0 Å². The van der Waals surface area contributed by atoms with Gasteiger partial charge in [0.15, 0.2) is 0 Å². The largest absolute Gasteiger partial charge is 1.00 e. The van der Waals surface area contributed by atoms with Gasteiger partial charge < -0.3 is 14.6 Å². The van der Waals surface area contributed by atoms with Crippen LogP contribution in [0.1, 0.15) is 0 Å². The molecule has 1 heterocycles. The van der Waals surface area contributed by atoms with Crippen LogP contribution in [0.25, 0.3) is 0 Å². The minimum absolute atomic E-state index is 0. The van der Waals surface area contributed by atoms with E-state index in [0.717, 1.165) is 33.5 Å². The van der Waals surface area contributed by atoms with Crippen LogP contribution in [0.2, 0.25) is 0 Å². The van der Waals surface area contributed by atoms with Crippen molar-refractivity contribution in [3.8, 4) is 0 Å². The summed E-state index contributed by atoms with van der Waals surface area (Å²) in [7, 11) is 0.750. The second-order valence-corrected chi connectivity index (χ2v) is 1.22. The van der Waals surface area contributed by atoms with Crippen molar-refractivity contribution in [2.45, 2.75) is 0 Å². The number of hydrogen-bond donors (Lipinski definition) is 0. The second-order valence-electron chi connectivity index (χ2n) is 1.22. The third-order valence-electron chi connectivity index (χ3n) is 0.744. The van der Waals surface area contributed by atoms with E-state index in [1.807, 2.05) is 0 Å². The molecule has 0 saturated carbocycles. The summed E-state index contributed by atoms with van der Waals surface area (Å²) in [4.78, 5) is 0. The van der Waals surface area contributed by atoms with E-state index in [4.69, 9.17) is 14.6 Å². The maximum atomic E-state index is 8.25. The van der Waals surface area contributed by atoms with Crippen LogP contribution in [0, 0.1) is 0 Å². The van der Waals surface area contributed by atoms with Gasteiger partial charge in [-0.15, -0.1) is 0 Å². The molecule has 0 aromatic rings. The van der Waals surface area contributed by atoms with Crippen molar-refractivity contribution in [2.75, 3.05) is 33.5 Å². The van der Waals surface area contributed by atoms with Gasteiger partial charge in [0.25, 0.3) is 0 Å². The van der Waals surface area contributed by atoms with Gasteiger partial charge in [-0.2, -0.15) is 7.11 Å². The molecule has 1 saturated heterocycles. The molecule has 0 unspecified atom stereocenters. The number of hydrogen-bond acceptors (Lipinski definition) is 3. The van der Waals surface area contributed by atoms with E-state index in [1.54, 1.807) is 0 Å². The first-order chi connectivity index (χ1) is 4.00. The van der Waals surface area contributed by atoms with Crippen LogP contribution in [-0.4, -0.2) is 33.5 Å². The van der Waals surface area contributed by atoms with Crippen molar-refractivity contribution >= 4 is 0 Å². The van der Waals surface area contributed by atoms with Crippen molar-refractivity contribution in [3.05, 3.63) is 0 Å². The van der Waals surface area contributed by atoms with Crippen LogP contribution in [0.3, 0.4) is 0 Å². The van der Waals surface area contributed by atoms with Crippen LogP contribution >= 0.6 is 0 Å². The average Bonchev–Trinajstić information content (AvgIpc) is 1.96. The Bertz CT molecular complexity index is 27.7.